The van der Waals surface area contributed by atoms with E-state index in [2.05, 4.69) is 10.8 Å². The van der Waals surface area contributed by atoms with Gasteiger partial charge in [-0.25, -0.2) is 13.1 Å². The average molecular weight is 343 g/mol. The topological polar surface area (TPSA) is 72.2 Å². The van der Waals surface area contributed by atoms with Gasteiger partial charge in [-0.05, 0) is 49.1 Å². The van der Waals surface area contributed by atoms with Crippen molar-refractivity contribution in [3.8, 4) is 0 Å². The molecule has 0 aliphatic heterocycles. The number of nitrogen functional groups attached to an aromatic ring is 1. The highest BCUT2D eigenvalue weighted by Crippen LogP contribution is 2.31. The molecule has 0 radical (unpaired) electrons. The van der Waals surface area contributed by atoms with Gasteiger partial charge in [0.25, 0.3) is 0 Å². The molecule has 1 heterocycles. The van der Waals surface area contributed by atoms with Crippen LogP contribution in [0.1, 0.15) is 21.7 Å². The number of nitrogens with one attached hydrogen (secondary N) is 1. The summed E-state index contributed by atoms with van der Waals surface area (Å²) in [5.74, 6) is 0. The molecule has 112 valence electrons. The van der Waals surface area contributed by atoms with E-state index in [0.717, 1.165) is 17.7 Å². The molecule has 7 heteroatoms. The first-order chi connectivity index (χ1) is 9.95. The van der Waals surface area contributed by atoms with Gasteiger partial charge in [-0.3, -0.25) is 0 Å². The van der Waals surface area contributed by atoms with Gasteiger partial charge in [0.2, 0.25) is 10.0 Å². The zero-order chi connectivity index (χ0) is 15.0. The van der Waals surface area contributed by atoms with Gasteiger partial charge in [-0.2, -0.15) is 0 Å². The van der Waals surface area contributed by atoms with Crippen LogP contribution in [0.15, 0.2) is 29.2 Å². The van der Waals surface area contributed by atoms with Crippen LogP contribution in [0, 0.1) is 0 Å². The van der Waals surface area contributed by atoms with Gasteiger partial charge in [0.1, 0.15) is 4.90 Å². The van der Waals surface area contributed by atoms with Gasteiger partial charge < -0.3 is 5.73 Å². The second-order valence-corrected chi connectivity index (χ2v) is 8.41. The second-order valence-electron chi connectivity index (χ2n) is 5.02. The molecule has 1 aromatic heterocycles. The van der Waals surface area contributed by atoms with E-state index in [1.54, 1.807) is 11.3 Å². The Kier molecular flexibility index (Phi) is 3.96. The third-order valence-electron chi connectivity index (χ3n) is 3.50. The maximum absolute atomic E-state index is 12.3. The number of hydrogen-bond donors (Lipinski definition) is 2. The summed E-state index contributed by atoms with van der Waals surface area (Å²) in [4.78, 5) is 2.49. The summed E-state index contributed by atoms with van der Waals surface area (Å²) in [6.07, 6.45) is 3.41. The molecule has 0 bridgehead atoms. The number of halogens is 1. The lowest BCUT2D eigenvalue weighted by molar-refractivity contribution is 0.582. The SMILES string of the molecule is Nc1cc(Cl)ccc1S(=O)(=O)NCc1cc2c(s1)CCC2. The lowest BCUT2D eigenvalue weighted by Gasteiger charge is -2.08. The van der Waals surface area contributed by atoms with Crippen molar-refractivity contribution in [3.63, 3.8) is 0 Å². The molecular weight excluding hydrogens is 328 g/mol. The minimum Gasteiger partial charge on any atom is -0.398 e. The zero-order valence-corrected chi connectivity index (χ0v) is 13.6. The maximum atomic E-state index is 12.3. The number of rotatable bonds is 4. The van der Waals surface area contributed by atoms with Gasteiger partial charge in [-0.1, -0.05) is 11.6 Å². The summed E-state index contributed by atoms with van der Waals surface area (Å²) < 4.78 is 27.2. The number of fused-ring (bicyclic) bond motifs is 1. The van der Waals surface area contributed by atoms with Gasteiger partial charge in [-0.15, -0.1) is 11.3 Å². The molecule has 0 amide bonds. The van der Waals surface area contributed by atoms with E-state index in [1.807, 2.05) is 0 Å². The number of benzene rings is 1. The molecule has 0 saturated carbocycles. The molecule has 0 unspecified atom stereocenters. The summed E-state index contributed by atoms with van der Waals surface area (Å²) in [6.45, 7) is 0.294. The number of thiophene rings is 1. The van der Waals surface area contributed by atoms with Gasteiger partial charge in [0.15, 0.2) is 0 Å². The van der Waals surface area contributed by atoms with Crippen molar-refractivity contribution < 1.29 is 8.42 Å². The second kappa shape index (κ2) is 5.61. The van der Waals surface area contributed by atoms with Gasteiger partial charge >= 0.3 is 0 Å². The Morgan fingerprint density at radius 1 is 1.29 bits per heavy atom. The summed E-state index contributed by atoms with van der Waals surface area (Å²) in [7, 11) is -3.63. The first-order valence-electron chi connectivity index (χ1n) is 6.61. The molecule has 1 aliphatic carbocycles. The Balaban J connectivity index is 1.76. The molecule has 0 atom stereocenters. The fourth-order valence-corrected chi connectivity index (χ4v) is 5.08. The highest BCUT2D eigenvalue weighted by Gasteiger charge is 2.19. The summed E-state index contributed by atoms with van der Waals surface area (Å²) in [6, 6.07) is 6.48. The molecule has 0 fully saturated rings. The average Bonchev–Trinajstić information content (AvgIpc) is 2.96. The number of sulfonamides is 1. The lowest BCUT2D eigenvalue weighted by Crippen LogP contribution is -2.23. The highest BCUT2D eigenvalue weighted by atomic mass is 35.5. The van der Waals surface area contributed by atoms with Crippen LogP contribution < -0.4 is 10.5 Å². The van der Waals surface area contributed by atoms with Crippen molar-refractivity contribution in [1.82, 2.24) is 4.72 Å². The Hall–Kier alpha value is -1.08. The van der Waals surface area contributed by atoms with Crippen LogP contribution in [0.3, 0.4) is 0 Å². The van der Waals surface area contributed by atoms with Crippen molar-refractivity contribution in [2.24, 2.45) is 0 Å². The van der Waals surface area contributed by atoms with Crippen LogP contribution in [-0.4, -0.2) is 8.42 Å². The van der Waals surface area contributed by atoms with Crippen LogP contribution in [0.5, 0.6) is 0 Å². The molecule has 3 N–H and O–H groups in total. The number of nitrogens with two attached hydrogens (primary N) is 1. The first-order valence-corrected chi connectivity index (χ1v) is 9.28. The van der Waals surface area contributed by atoms with Gasteiger partial charge in [0.05, 0.1) is 5.69 Å². The Bertz CT molecular complexity index is 763. The molecule has 21 heavy (non-hydrogen) atoms. The summed E-state index contributed by atoms with van der Waals surface area (Å²) >= 11 is 7.47. The largest absolute Gasteiger partial charge is 0.398 e. The standard InChI is InChI=1S/C14H15ClN2O2S2/c15-10-4-5-14(12(16)7-10)21(18,19)17-8-11-6-9-2-1-3-13(9)20-11/h4-7,17H,1-3,8,16H2. The predicted molar refractivity (Wildman–Crippen MR) is 86.2 cm³/mol. The van der Waals surface area contributed by atoms with Crippen molar-refractivity contribution >= 4 is 38.6 Å². The van der Waals surface area contributed by atoms with Crippen molar-refractivity contribution in [2.75, 3.05) is 5.73 Å². The smallest absolute Gasteiger partial charge is 0.242 e. The maximum Gasteiger partial charge on any atom is 0.242 e. The van der Waals surface area contributed by atoms with Crippen molar-refractivity contribution in [2.45, 2.75) is 30.7 Å². The molecule has 2 aromatic rings. The fourth-order valence-electron chi connectivity index (χ4n) is 2.49. The molecule has 1 aromatic carbocycles. The van der Waals surface area contributed by atoms with E-state index in [4.69, 9.17) is 17.3 Å². The van der Waals surface area contributed by atoms with Crippen LogP contribution in [0.2, 0.25) is 5.02 Å². The van der Waals surface area contributed by atoms with E-state index in [9.17, 15) is 8.42 Å². The van der Waals surface area contributed by atoms with Crippen LogP contribution >= 0.6 is 22.9 Å². The fraction of sp³-hybridized carbons (Fsp3) is 0.286. The number of anilines is 1. The molecular formula is C14H15ClN2O2S2. The van der Waals surface area contributed by atoms with E-state index in [-0.39, 0.29) is 10.6 Å². The molecule has 0 spiro atoms. The Labute approximate surface area is 133 Å². The zero-order valence-electron chi connectivity index (χ0n) is 11.2. The van der Waals surface area contributed by atoms with Crippen LogP contribution in [-0.2, 0) is 29.4 Å². The quantitative estimate of drug-likeness (QED) is 0.839. The van der Waals surface area contributed by atoms with Gasteiger partial charge in [0, 0.05) is 21.3 Å². The normalized spacial score (nSPS) is 14.3. The summed E-state index contributed by atoms with van der Waals surface area (Å²) in [5.41, 5.74) is 7.25. The monoisotopic (exact) mass is 342 g/mol. The molecule has 0 saturated heterocycles. The van der Waals surface area contributed by atoms with Crippen molar-refractivity contribution in [1.29, 1.82) is 0 Å². The van der Waals surface area contributed by atoms with Crippen molar-refractivity contribution in [3.05, 3.63) is 44.6 Å². The summed E-state index contributed by atoms with van der Waals surface area (Å²) in [5, 5.41) is 0.418. The van der Waals surface area contributed by atoms with E-state index >= 15 is 0 Å². The molecule has 3 rings (SSSR count). The van der Waals surface area contributed by atoms with Crippen LogP contribution in [0.25, 0.3) is 0 Å². The molecule has 4 nitrogen and oxygen atoms in total. The lowest BCUT2D eigenvalue weighted by atomic mass is 10.2. The highest BCUT2D eigenvalue weighted by molar-refractivity contribution is 7.89. The Morgan fingerprint density at radius 2 is 2.10 bits per heavy atom. The van der Waals surface area contributed by atoms with E-state index < -0.39 is 10.0 Å². The number of hydrogen-bond acceptors (Lipinski definition) is 4. The van der Waals surface area contributed by atoms with Crippen LogP contribution in [0.4, 0.5) is 5.69 Å². The third-order valence-corrected chi connectivity index (χ3v) is 6.44. The molecule has 1 aliphatic rings. The Morgan fingerprint density at radius 3 is 2.81 bits per heavy atom. The minimum absolute atomic E-state index is 0.0657. The van der Waals surface area contributed by atoms with E-state index in [0.29, 0.717) is 11.6 Å². The minimum atomic E-state index is -3.63. The van der Waals surface area contributed by atoms with E-state index in [1.165, 1.54) is 35.1 Å². The predicted octanol–water partition coefficient (Wildman–Crippen LogP) is 2.95. The third kappa shape index (κ3) is 3.08. The first kappa shape index (κ1) is 14.8. The number of aryl methyl sites for hydroxylation is 2.